The Hall–Kier alpha value is -0.935. The third kappa shape index (κ3) is 2.26. The average molecular weight is 191 g/mol. The Morgan fingerprint density at radius 3 is 2.54 bits per heavy atom. The van der Waals surface area contributed by atoms with E-state index in [2.05, 4.69) is 5.10 Å². The Morgan fingerprint density at radius 2 is 2.08 bits per heavy atom. The van der Waals surface area contributed by atoms with Crippen LogP contribution in [-0.4, -0.2) is 16.8 Å². The largest absolute Gasteiger partial charge is 0.512 e. The van der Waals surface area contributed by atoms with Crippen molar-refractivity contribution < 1.29 is 12.9 Å². The second-order valence-corrected chi connectivity index (χ2v) is 3.03. The fourth-order valence-corrected chi connectivity index (χ4v) is 1.26. The van der Waals surface area contributed by atoms with Crippen LogP contribution in [0.4, 0.5) is 12.9 Å². The lowest BCUT2D eigenvalue weighted by molar-refractivity contribution is 0.500. The van der Waals surface area contributed by atoms with Gasteiger partial charge >= 0.3 is 6.98 Å². The summed E-state index contributed by atoms with van der Waals surface area (Å²) >= 11 is 0. The molecular weight excluding hydrogens is 180 g/mol. The molecule has 0 saturated carbocycles. The number of nitrogens with zero attached hydrogens (tertiary/aromatic N) is 2. The summed E-state index contributed by atoms with van der Waals surface area (Å²) in [6.07, 6.45) is 2.11. The molecule has 0 unspecified atom stereocenters. The average Bonchev–Trinajstić information content (AvgIpc) is 2.30. The summed E-state index contributed by atoms with van der Waals surface area (Å²) < 4.78 is 38.4. The molecule has 0 aliphatic carbocycles. The standard InChI is InChI=1S/C7H11BF3N2/c1-3-4-7-6(8(9,10)11)5-13(2)12-7/h5H,3-4H2,1-2H3/q-1. The fourth-order valence-electron chi connectivity index (χ4n) is 1.26. The van der Waals surface area contributed by atoms with Gasteiger partial charge in [0.05, 0.1) is 0 Å². The molecule has 2 nitrogen and oxygen atoms in total. The Morgan fingerprint density at radius 1 is 1.46 bits per heavy atom. The van der Waals surface area contributed by atoms with E-state index in [0.29, 0.717) is 12.8 Å². The van der Waals surface area contributed by atoms with Gasteiger partial charge in [-0.2, -0.15) is 5.10 Å². The normalized spacial score (nSPS) is 12.1. The Balaban J connectivity index is 3.04. The van der Waals surface area contributed by atoms with Crippen LogP contribution in [0.25, 0.3) is 0 Å². The summed E-state index contributed by atoms with van der Waals surface area (Å²) in [5.74, 6) is 0. The zero-order valence-electron chi connectivity index (χ0n) is 7.60. The summed E-state index contributed by atoms with van der Waals surface area (Å²) in [4.78, 5) is 0. The minimum Gasteiger partial charge on any atom is -0.445 e. The van der Waals surface area contributed by atoms with Gasteiger partial charge in [-0.15, -0.1) is 0 Å². The van der Waals surface area contributed by atoms with Gasteiger partial charge in [-0.1, -0.05) is 18.8 Å². The molecule has 1 heterocycles. The number of aryl methyl sites for hydroxylation is 2. The van der Waals surface area contributed by atoms with E-state index in [9.17, 15) is 12.9 Å². The van der Waals surface area contributed by atoms with Crippen molar-refractivity contribution in [2.45, 2.75) is 19.8 Å². The van der Waals surface area contributed by atoms with Crippen LogP contribution in [0.15, 0.2) is 6.20 Å². The molecule has 0 aromatic carbocycles. The molecule has 1 aromatic rings. The highest BCUT2D eigenvalue weighted by Crippen LogP contribution is 2.11. The number of aromatic nitrogens is 2. The van der Waals surface area contributed by atoms with Gasteiger partial charge in [-0.25, -0.2) is 0 Å². The van der Waals surface area contributed by atoms with Crippen LogP contribution in [0.1, 0.15) is 19.0 Å². The monoisotopic (exact) mass is 191 g/mol. The molecule has 0 N–H and O–H groups in total. The van der Waals surface area contributed by atoms with E-state index in [1.165, 1.54) is 11.7 Å². The number of hydrogen-bond donors (Lipinski definition) is 0. The quantitative estimate of drug-likeness (QED) is 0.660. The maximum atomic E-state index is 12.4. The van der Waals surface area contributed by atoms with E-state index in [1.807, 2.05) is 6.92 Å². The SMILES string of the molecule is CCCc1nn(C)cc1[B-](F)(F)F. The zero-order chi connectivity index (χ0) is 10.1. The van der Waals surface area contributed by atoms with E-state index in [-0.39, 0.29) is 5.69 Å². The van der Waals surface area contributed by atoms with Gasteiger partial charge in [-0.3, -0.25) is 4.68 Å². The van der Waals surface area contributed by atoms with Crippen LogP contribution in [0, 0.1) is 0 Å². The molecule has 6 heteroatoms. The molecule has 0 spiro atoms. The van der Waals surface area contributed by atoms with Crippen LogP contribution in [0.2, 0.25) is 0 Å². The van der Waals surface area contributed by atoms with E-state index < -0.39 is 12.4 Å². The third-order valence-corrected chi connectivity index (χ3v) is 1.78. The number of rotatable bonds is 3. The van der Waals surface area contributed by atoms with Gasteiger partial charge in [0.25, 0.3) is 0 Å². The first-order valence-electron chi connectivity index (χ1n) is 4.17. The number of halogens is 3. The van der Waals surface area contributed by atoms with Crippen LogP contribution >= 0.6 is 0 Å². The fraction of sp³-hybridized carbons (Fsp3) is 0.571. The minimum atomic E-state index is -4.91. The topological polar surface area (TPSA) is 17.8 Å². The molecule has 0 fully saturated rings. The highest BCUT2D eigenvalue weighted by Gasteiger charge is 2.30. The predicted molar refractivity (Wildman–Crippen MR) is 45.9 cm³/mol. The summed E-state index contributed by atoms with van der Waals surface area (Å²) in [5.41, 5.74) is -0.387. The lowest BCUT2D eigenvalue weighted by Gasteiger charge is -2.13. The van der Waals surface area contributed by atoms with E-state index in [4.69, 9.17) is 0 Å². The van der Waals surface area contributed by atoms with Gasteiger partial charge in [0.2, 0.25) is 0 Å². The Labute approximate surface area is 74.8 Å². The maximum Gasteiger partial charge on any atom is 0.512 e. The van der Waals surface area contributed by atoms with Crippen molar-refractivity contribution in [1.29, 1.82) is 0 Å². The molecule has 0 radical (unpaired) electrons. The lowest BCUT2D eigenvalue weighted by Crippen LogP contribution is -2.35. The molecule has 0 aliphatic heterocycles. The summed E-state index contributed by atoms with van der Waals surface area (Å²) in [5, 5.41) is 3.78. The van der Waals surface area contributed by atoms with Crippen molar-refractivity contribution in [2.75, 3.05) is 0 Å². The van der Waals surface area contributed by atoms with Crippen LogP contribution in [-0.2, 0) is 13.5 Å². The highest BCUT2D eigenvalue weighted by molar-refractivity contribution is 6.73. The first-order chi connectivity index (χ1) is 5.95. The maximum absolute atomic E-state index is 12.4. The van der Waals surface area contributed by atoms with Crippen molar-refractivity contribution in [3.8, 4) is 0 Å². The first-order valence-corrected chi connectivity index (χ1v) is 4.17. The summed E-state index contributed by atoms with van der Waals surface area (Å²) in [7, 11) is 1.50. The molecule has 13 heavy (non-hydrogen) atoms. The first kappa shape index (κ1) is 10.1. The van der Waals surface area contributed by atoms with Crippen molar-refractivity contribution >= 4 is 12.4 Å². The summed E-state index contributed by atoms with van der Waals surface area (Å²) in [6.45, 7) is -3.07. The lowest BCUT2D eigenvalue weighted by atomic mass is 9.79. The molecular formula is C7H11BF3N2-. The molecule has 0 atom stereocenters. The second-order valence-electron chi connectivity index (χ2n) is 3.03. The minimum absolute atomic E-state index is 0.164. The van der Waals surface area contributed by atoms with Gasteiger partial charge in [0.1, 0.15) is 0 Å². The molecule has 1 aromatic heterocycles. The third-order valence-electron chi connectivity index (χ3n) is 1.78. The molecule has 1 rings (SSSR count). The number of hydrogen-bond acceptors (Lipinski definition) is 1. The summed E-state index contributed by atoms with van der Waals surface area (Å²) in [6, 6.07) is 0. The molecule has 74 valence electrons. The Kier molecular flexibility index (Phi) is 2.68. The molecule has 0 saturated heterocycles. The van der Waals surface area contributed by atoms with Crippen molar-refractivity contribution in [2.24, 2.45) is 7.05 Å². The smallest absolute Gasteiger partial charge is 0.445 e. The second kappa shape index (κ2) is 3.43. The molecule has 0 amide bonds. The van der Waals surface area contributed by atoms with Gasteiger partial charge in [-0.05, 0) is 12.6 Å². The van der Waals surface area contributed by atoms with Crippen LogP contribution in [0.3, 0.4) is 0 Å². The van der Waals surface area contributed by atoms with E-state index >= 15 is 0 Å². The van der Waals surface area contributed by atoms with Crippen LogP contribution in [0.5, 0.6) is 0 Å². The molecule has 0 bridgehead atoms. The van der Waals surface area contributed by atoms with Gasteiger partial charge in [0.15, 0.2) is 0 Å². The van der Waals surface area contributed by atoms with Crippen molar-refractivity contribution in [3.05, 3.63) is 11.9 Å². The van der Waals surface area contributed by atoms with E-state index in [1.54, 1.807) is 0 Å². The van der Waals surface area contributed by atoms with Crippen molar-refractivity contribution in [1.82, 2.24) is 9.78 Å². The van der Waals surface area contributed by atoms with E-state index in [0.717, 1.165) is 6.20 Å². The zero-order valence-corrected chi connectivity index (χ0v) is 7.60. The highest BCUT2D eigenvalue weighted by atomic mass is 19.4. The Bertz CT molecular complexity index is 292. The van der Waals surface area contributed by atoms with Crippen molar-refractivity contribution in [3.63, 3.8) is 0 Å². The van der Waals surface area contributed by atoms with Gasteiger partial charge in [0, 0.05) is 12.7 Å². The van der Waals surface area contributed by atoms with Crippen LogP contribution < -0.4 is 5.46 Å². The predicted octanol–water partition coefficient (Wildman–Crippen LogP) is 1.43. The molecule has 0 aliphatic rings. The van der Waals surface area contributed by atoms with Gasteiger partial charge < -0.3 is 12.9 Å².